The Morgan fingerprint density at radius 2 is 2.04 bits per heavy atom. The summed E-state index contributed by atoms with van der Waals surface area (Å²) < 4.78 is 0. The molecule has 0 aromatic heterocycles. The zero-order valence-electron chi connectivity index (χ0n) is 14.0. The molecule has 2 fully saturated rings. The van der Waals surface area contributed by atoms with Crippen LogP contribution < -0.4 is 11.1 Å². The highest BCUT2D eigenvalue weighted by molar-refractivity contribution is 8.00. The van der Waals surface area contributed by atoms with Crippen LogP contribution in [0.3, 0.4) is 0 Å². The van der Waals surface area contributed by atoms with Crippen molar-refractivity contribution >= 4 is 36.0 Å². The molecule has 4 rings (SSSR count). The molecule has 2 saturated heterocycles. The van der Waals surface area contributed by atoms with Gasteiger partial charge in [-0.15, -0.1) is 24.2 Å². The van der Waals surface area contributed by atoms with Crippen LogP contribution in [0.5, 0.6) is 0 Å². The third-order valence-electron chi connectivity index (χ3n) is 5.38. The number of carbonyl (C=O) groups excluding carboxylic acids is 2. The molecule has 0 bridgehead atoms. The summed E-state index contributed by atoms with van der Waals surface area (Å²) >= 11 is 1.70. The van der Waals surface area contributed by atoms with Crippen LogP contribution in [-0.2, 0) is 16.0 Å². The predicted octanol–water partition coefficient (Wildman–Crippen LogP) is 1.99. The third kappa shape index (κ3) is 3.39. The van der Waals surface area contributed by atoms with Crippen LogP contribution in [0.15, 0.2) is 24.3 Å². The number of carbonyl (C=O) groups is 2. The van der Waals surface area contributed by atoms with E-state index in [1.54, 1.807) is 16.7 Å². The second-order valence-electron chi connectivity index (χ2n) is 6.89. The predicted molar refractivity (Wildman–Crippen MR) is 102 cm³/mol. The minimum absolute atomic E-state index is 0. The molecule has 0 saturated carbocycles. The lowest BCUT2D eigenvalue weighted by Gasteiger charge is -2.36. The van der Waals surface area contributed by atoms with Gasteiger partial charge >= 0.3 is 0 Å². The molecule has 2 heterocycles. The number of aryl methyl sites for hydroxylation is 1. The third-order valence-corrected chi connectivity index (χ3v) is 6.73. The summed E-state index contributed by atoms with van der Waals surface area (Å²) in [6.45, 7) is 0. The molecule has 4 atom stereocenters. The van der Waals surface area contributed by atoms with E-state index in [0.717, 1.165) is 32.1 Å². The highest BCUT2D eigenvalue weighted by Gasteiger charge is 2.46. The fraction of sp³-hybridized carbons (Fsp3) is 0.556. The first-order valence-corrected chi connectivity index (χ1v) is 9.77. The van der Waals surface area contributed by atoms with E-state index in [2.05, 4.69) is 23.5 Å². The zero-order chi connectivity index (χ0) is 16.7. The Hall–Kier alpha value is -1.24. The van der Waals surface area contributed by atoms with Gasteiger partial charge in [0.2, 0.25) is 11.8 Å². The van der Waals surface area contributed by atoms with Crippen LogP contribution in [0.1, 0.15) is 42.9 Å². The summed E-state index contributed by atoms with van der Waals surface area (Å²) in [6.07, 6.45) is 4.71. The van der Waals surface area contributed by atoms with Crippen LogP contribution in [-0.4, -0.2) is 39.9 Å². The monoisotopic (exact) mass is 381 g/mol. The summed E-state index contributed by atoms with van der Waals surface area (Å²) in [5.41, 5.74) is 8.46. The fourth-order valence-corrected chi connectivity index (χ4v) is 5.52. The number of thioether (sulfide) groups is 1. The molecule has 136 valence electrons. The highest BCUT2D eigenvalue weighted by atomic mass is 35.5. The van der Waals surface area contributed by atoms with Crippen molar-refractivity contribution in [3.05, 3.63) is 35.4 Å². The quantitative estimate of drug-likeness (QED) is 0.821. The van der Waals surface area contributed by atoms with E-state index in [1.165, 1.54) is 11.1 Å². The van der Waals surface area contributed by atoms with Crippen molar-refractivity contribution in [3.8, 4) is 0 Å². The largest absolute Gasteiger partial charge is 0.347 e. The lowest BCUT2D eigenvalue weighted by Crippen LogP contribution is -2.57. The lowest BCUT2D eigenvalue weighted by atomic mass is 9.87. The molecule has 2 amide bonds. The Morgan fingerprint density at radius 3 is 2.88 bits per heavy atom. The molecule has 2 aliphatic heterocycles. The summed E-state index contributed by atoms with van der Waals surface area (Å²) in [7, 11) is 0. The van der Waals surface area contributed by atoms with Crippen molar-refractivity contribution in [2.24, 2.45) is 5.73 Å². The van der Waals surface area contributed by atoms with E-state index < -0.39 is 6.04 Å². The molecule has 5 nitrogen and oxygen atoms in total. The maximum atomic E-state index is 12.9. The normalized spacial score (nSPS) is 30.9. The SMILES string of the molecule is Cl.NC1CCC2SCC(C(=O)NC3CCCc4ccccc43)N2C1=O. The number of halogens is 1. The van der Waals surface area contributed by atoms with Gasteiger partial charge in [0.15, 0.2) is 0 Å². The number of hydrogen-bond donors (Lipinski definition) is 2. The topological polar surface area (TPSA) is 75.4 Å². The molecular weight excluding hydrogens is 358 g/mol. The summed E-state index contributed by atoms with van der Waals surface area (Å²) in [6, 6.07) is 7.54. The first-order chi connectivity index (χ1) is 11.6. The Kier molecular flexibility index (Phi) is 5.61. The van der Waals surface area contributed by atoms with E-state index in [9.17, 15) is 9.59 Å². The molecular formula is C18H24ClN3O2S. The van der Waals surface area contributed by atoms with Gasteiger partial charge in [-0.2, -0.15) is 0 Å². The molecule has 0 radical (unpaired) electrons. The second kappa shape index (κ2) is 7.56. The van der Waals surface area contributed by atoms with Crippen LogP contribution in [0, 0.1) is 0 Å². The number of nitrogens with two attached hydrogens (primary N) is 1. The number of hydrogen-bond acceptors (Lipinski definition) is 4. The maximum Gasteiger partial charge on any atom is 0.244 e. The Balaban J connectivity index is 0.00000182. The number of fused-ring (bicyclic) bond motifs is 2. The molecule has 3 N–H and O–H groups in total. The number of nitrogens with one attached hydrogen (secondary N) is 1. The fourth-order valence-electron chi connectivity index (χ4n) is 4.09. The minimum atomic E-state index is -0.453. The average Bonchev–Trinajstić information content (AvgIpc) is 3.03. The average molecular weight is 382 g/mol. The molecule has 1 aliphatic carbocycles. The van der Waals surface area contributed by atoms with Gasteiger partial charge in [-0.1, -0.05) is 24.3 Å². The first-order valence-electron chi connectivity index (χ1n) is 8.72. The second-order valence-corrected chi connectivity index (χ2v) is 8.10. The number of rotatable bonds is 2. The van der Waals surface area contributed by atoms with Gasteiger partial charge < -0.3 is 16.0 Å². The standard InChI is InChI=1S/C18H23N3O2S.ClH/c19-13-8-9-16-21(18(13)23)15(10-24-16)17(22)20-14-7-3-5-11-4-1-2-6-12(11)14;/h1-2,4,6,13-16H,3,5,7-10,19H2,(H,20,22);1H. The molecule has 4 unspecified atom stereocenters. The smallest absolute Gasteiger partial charge is 0.244 e. The van der Waals surface area contributed by atoms with Gasteiger partial charge in [-0.05, 0) is 43.2 Å². The molecule has 3 aliphatic rings. The summed E-state index contributed by atoms with van der Waals surface area (Å²) in [5, 5.41) is 3.32. The van der Waals surface area contributed by atoms with Gasteiger partial charge in [-0.3, -0.25) is 9.59 Å². The lowest BCUT2D eigenvalue weighted by molar-refractivity contribution is -0.143. The van der Waals surface area contributed by atoms with Gasteiger partial charge in [0, 0.05) is 5.75 Å². The maximum absolute atomic E-state index is 12.9. The van der Waals surface area contributed by atoms with Crippen molar-refractivity contribution in [3.63, 3.8) is 0 Å². The first kappa shape index (κ1) is 18.5. The number of amides is 2. The number of nitrogens with zero attached hydrogens (tertiary/aromatic N) is 1. The van der Waals surface area contributed by atoms with E-state index >= 15 is 0 Å². The van der Waals surface area contributed by atoms with Gasteiger partial charge in [0.1, 0.15) is 6.04 Å². The Bertz CT molecular complexity index is 671. The molecule has 7 heteroatoms. The Morgan fingerprint density at radius 1 is 1.24 bits per heavy atom. The van der Waals surface area contributed by atoms with E-state index in [-0.39, 0.29) is 41.7 Å². The molecule has 1 aromatic carbocycles. The van der Waals surface area contributed by atoms with Gasteiger partial charge in [-0.25, -0.2) is 0 Å². The number of benzene rings is 1. The van der Waals surface area contributed by atoms with Gasteiger partial charge in [0.25, 0.3) is 0 Å². The van der Waals surface area contributed by atoms with Crippen molar-refractivity contribution < 1.29 is 9.59 Å². The van der Waals surface area contributed by atoms with Gasteiger partial charge in [0.05, 0.1) is 17.5 Å². The summed E-state index contributed by atoms with van der Waals surface area (Å²) in [5.74, 6) is 0.568. The molecule has 1 aromatic rings. The molecule has 25 heavy (non-hydrogen) atoms. The molecule has 0 spiro atoms. The highest BCUT2D eigenvalue weighted by Crippen LogP contribution is 2.37. The van der Waals surface area contributed by atoms with Crippen molar-refractivity contribution in [2.45, 2.75) is 55.6 Å². The minimum Gasteiger partial charge on any atom is -0.347 e. The van der Waals surface area contributed by atoms with Crippen molar-refractivity contribution in [2.75, 3.05) is 5.75 Å². The number of piperidine rings is 1. The van der Waals surface area contributed by atoms with Crippen LogP contribution in [0.25, 0.3) is 0 Å². The zero-order valence-corrected chi connectivity index (χ0v) is 15.7. The van der Waals surface area contributed by atoms with E-state index in [1.807, 2.05) is 6.07 Å². The van der Waals surface area contributed by atoms with Crippen LogP contribution in [0.4, 0.5) is 0 Å². The van der Waals surface area contributed by atoms with Crippen molar-refractivity contribution in [1.82, 2.24) is 10.2 Å². The van der Waals surface area contributed by atoms with E-state index in [0.29, 0.717) is 5.75 Å². The van der Waals surface area contributed by atoms with Crippen molar-refractivity contribution in [1.29, 1.82) is 0 Å². The van der Waals surface area contributed by atoms with Crippen LogP contribution >= 0.6 is 24.2 Å². The Labute approximate surface area is 158 Å². The van der Waals surface area contributed by atoms with E-state index in [4.69, 9.17) is 5.73 Å². The summed E-state index contributed by atoms with van der Waals surface area (Å²) in [4.78, 5) is 27.0. The van der Waals surface area contributed by atoms with Crippen LogP contribution in [0.2, 0.25) is 0 Å².